The van der Waals surface area contributed by atoms with Crippen molar-refractivity contribution in [3.8, 4) is 6.07 Å². The fourth-order valence-electron chi connectivity index (χ4n) is 4.41. The van der Waals surface area contributed by atoms with Crippen LogP contribution < -0.4 is 5.32 Å². The highest BCUT2D eigenvalue weighted by atomic mass is 19.4. The number of alkyl halides is 3. The molecule has 0 spiro atoms. The van der Waals surface area contributed by atoms with Crippen LogP contribution in [-0.2, 0) is 24.1 Å². The third kappa shape index (κ3) is 5.97. The molecule has 5 nitrogen and oxygen atoms in total. The molecule has 1 aliphatic rings. The number of nitrogens with zero attached hydrogens (tertiary/aromatic N) is 3. The second-order valence-corrected chi connectivity index (χ2v) is 9.68. The predicted molar refractivity (Wildman–Crippen MR) is 133 cm³/mol. The summed E-state index contributed by atoms with van der Waals surface area (Å²) < 4.78 is 48.2. The molecule has 4 rings (SSSR count). The van der Waals surface area contributed by atoms with Crippen LogP contribution in [0.25, 0.3) is 5.57 Å². The van der Waals surface area contributed by atoms with Gasteiger partial charge in [-0.3, -0.25) is 0 Å². The van der Waals surface area contributed by atoms with Crippen molar-refractivity contribution in [1.82, 2.24) is 9.55 Å². The molecule has 36 heavy (non-hydrogen) atoms. The van der Waals surface area contributed by atoms with Crippen molar-refractivity contribution in [1.29, 1.82) is 5.26 Å². The number of aromatic nitrogens is 2. The van der Waals surface area contributed by atoms with E-state index in [2.05, 4.69) is 34.8 Å². The Morgan fingerprint density at radius 1 is 1.19 bits per heavy atom. The van der Waals surface area contributed by atoms with Gasteiger partial charge in [-0.1, -0.05) is 50.3 Å². The molecule has 0 fully saturated rings. The van der Waals surface area contributed by atoms with Crippen molar-refractivity contribution in [2.75, 3.05) is 11.9 Å². The summed E-state index contributed by atoms with van der Waals surface area (Å²) in [5, 5.41) is 12.4. The van der Waals surface area contributed by atoms with E-state index in [0.717, 1.165) is 35.7 Å². The lowest BCUT2D eigenvalue weighted by Gasteiger charge is -2.38. The van der Waals surface area contributed by atoms with Gasteiger partial charge in [0.25, 0.3) is 0 Å². The summed E-state index contributed by atoms with van der Waals surface area (Å²) in [4.78, 5) is 4.33. The van der Waals surface area contributed by atoms with Crippen LogP contribution in [0.2, 0.25) is 0 Å². The second kappa shape index (κ2) is 10.6. The summed E-state index contributed by atoms with van der Waals surface area (Å²) in [6.07, 6.45) is 2.79. The fraction of sp³-hybridized carbons (Fsp3) is 0.357. The van der Waals surface area contributed by atoms with Crippen molar-refractivity contribution in [2.24, 2.45) is 5.41 Å². The lowest BCUT2D eigenvalue weighted by molar-refractivity contribution is -0.137. The number of rotatable bonds is 8. The lowest BCUT2D eigenvalue weighted by Crippen LogP contribution is -2.37. The number of imidazole rings is 1. The maximum absolute atomic E-state index is 13.5. The van der Waals surface area contributed by atoms with Gasteiger partial charge in [0.1, 0.15) is 0 Å². The van der Waals surface area contributed by atoms with Gasteiger partial charge in [-0.2, -0.15) is 18.4 Å². The molecule has 188 valence electrons. The SMILES string of the molecule is CC1(C)CCC(c2cncn2CCOCc2ccccc2)=CC1Nc1ccc(C#N)c(C(F)(F)F)c1. The molecule has 0 bridgehead atoms. The Bertz CT molecular complexity index is 1260. The summed E-state index contributed by atoms with van der Waals surface area (Å²) in [5.74, 6) is 0. The van der Waals surface area contributed by atoms with Crippen LogP contribution in [0.1, 0.15) is 49.1 Å². The number of hydrogen-bond donors (Lipinski definition) is 1. The van der Waals surface area contributed by atoms with Crippen LogP contribution in [0.3, 0.4) is 0 Å². The Balaban J connectivity index is 1.49. The zero-order chi connectivity index (χ0) is 25.8. The molecule has 0 saturated carbocycles. The summed E-state index contributed by atoms with van der Waals surface area (Å²) in [5.41, 5.74) is 2.03. The molecule has 8 heteroatoms. The van der Waals surface area contributed by atoms with E-state index in [0.29, 0.717) is 25.4 Å². The summed E-state index contributed by atoms with van der Waals surface area (Å²) in [6.45, 7) is 5.91. The number of allylic oxidation sites excluding steroid dienone is 1. The van der Waals surface area contributed by atoms with E-state index < -0.39 is 11.7 Å². The first-order valence-corrected chi connectivity index (χ1v) is 11.9. The normalized spacial score (nSPS) is 17.3. The first kappa shape index (κ1) is 25.5. The summed E-state index contributed by atoms with van der Waals surface area (Å²) in [6, 6.07) is 15.2. The topological polar surface area (TPSA) is 62.9 Å². The molecular weight excluding hydrogens is 465 g/mol. The van der Waals surface area contributed by atoms with E-state index in [1.807, 2.05) is 36.5 Å². The first-order valence-electron chi connectivity index (χ1n) is 11.9. The van der Waals surface area contributed by atoms with Crippen LogP contribution in [0.4, 0.5) is 18.9 Å². The molecule has 1 unspecified atom stereocenters. The largest absolute Gasteiger partial charge is 0.417 e. The Labute approximate surface area is 209 Å². The third-order valence-electron chi connectivity index (χ3n) is 6.65. The van der Waals surface area contributed by atoms with E-state index in [1.165, 1.54) is 12.1 Å². The molecule has 0 saturated heterocycles. The van der Waals surface area contributed by atoms with Crippen molar-refractivity contribution >= 4 is 11.3 Å². The zero-order valence-electron chi connectivity index (χ0n) is 20.3. The predicted octanol–water partition coefficient (Wildman–Crippen LogP) is 6.67. The average Bonchev–Trinajstić information content (AvgIpc) is 3.32. The average molecular weight is 495 g/mol. The lowest BCUT2D eigenvalue weighted by atomic mass is 9.73. The maximum Gasteiger partial charge on any atom is 0.417 e. The van der Waals surface area contributed by atoms with Gasteiger partial charge >= 0.3 is 6.18 Å². The Morgan fingerprint density at radius 2 is 1.97 bits per heavy atom. The van der Waals surface area contributed by atoms with Gasteiger partial charge in [0.05, 0.1) is 54.7 Å². The fourth-order valence-corrected chi connectivity index (χ4v) is 4.41. The third-order valence-corrected chi connectivity index (χ3v) is 6.65. The van der Waals surface area contributed by atoms with Gasteiger partial charge in [0.2, 0.25) is 0 Å². The van der Waals surface area contributed by atoms with E-state index >= 15 is 0 Å². The highest BCUT2D eigenvalue weighted by Gasteiger charge is 2.36. The molecule has 2 aromatic carbocycles. The Hall–Kier alpha value is -3.57. The molecule has 0 radical (unpaired) electrons. The number of halogens is 3. The number of ether oxygens (including phenoxy) is 1. The molecule has 0 aliphatic heterocycles. The van der Waals surface area contributed by atoms with Crippen LogP contribution in [-0.4, -0.2) is 22.2 Å². The molecule has 1 atom stereocenters. The number of hydrogen-bond acceptors (Lipinski definition) is 4. The minimum atomic E-state index is -4.60. The molecule has 1 heterocycles. The zero-order valence-corrected chi connectivity index (χ0v) is 20.3. The van der Waals surface area contributed by atoms with E-state index in [-0.39, 0.29) is 17.0 Å². The maximum atomic E-state index is 13.5. The van der Waals surface area contributed by atoms with Gasteiger partial charge in [-0.05, 0) is 47.6 Å². The molecular formula is C28H29F3N4O. The molecule has 1 aliphatic carbocycles. The van der Waals surface area contributed by atoms with Crippen molar-refractivity contribution in [2.45, 2.75) is 52.1 Å². The highest BCUT2D eigenvalue weighted by molar-refractivity contribution is 5.66. The quantitative estimate of drug-likeness (QED) is 0.355. The highest BCUT2D eigenvalue weighted by Crippen LogP contribution is 2.40. The summed E-state index contributed by atoms with van der Waals surface area (Å²) >= 11 is 0. The molecule has 1 aromatic heterocycles. The van der Waals surface area contributed by atoms with Gasteiger partial charge in [0.15, 0.2) is 0 Å². The monoisotopic (exact) mass is 494 g/mol. The second-order valence-electron chi connectivity index (χ2n) is 9.68. The number of anilines is 1. The minimum Gasteiger partial charge on any atom is -0.378 e. The Morgan fingerprint density at radius 3 is 2.69 bits per heavy atom. The van der Waals surface area contributed by atoms with Crippen LogP contribution >= 0.6 is 0 Å². The van der Waals surface area contributed by atoms with Gasteiger partial charge in [-0.25, -0.2) is 4.98 Å². The molecule has 0 amide bonds. The number of benzene rings is 2. The van der Waals surface area contributed by atoms with Crippen molar-refractivity contribution in [3.63, 3.8) is 0 Å². The van der Waals surface area contributed by atoms with E-state index in [9.17, 15) is 13.2 Å². The van der Waals surface area contributed by atoms with Crippen LogP contribution in [0, 0.1) is 16.7 Å². The van der Waals surface area contributed by atoms with E-state index in [1.54, 1.807) is 12.4 Å². The van der Waals surface area contributed by atoms with E-state index in [4.69, 9.17) is 10.00 Å². The van der Waals surface area contributed by atoms with Gasteiger partial charge in [0, 0.05) is 12.2 Å². The Kier molecular flexibility index (Phi) is 7.51. The van der Waals surface area contributed by atoms with Gasteiger partial charge < -0.3 is 14.6 Å². The smallest absolute Gasteiger partial charge is 0.378 e. The molecule has 1 N–H and O–H groups in total. The first-order chi connectivity index (χ1) is 17.2. The standard InChI is InChI=1S/C28H29F3N4O/c1-27(2)11-10-21(14-26(27)34-23-9-8-22(16-32)24(15-23)28(29,30)31)25-17-33-19-35(25)12-13-36-18-20-6-4-3-5-7-20/h3-9,14-15,17,19,26,34H,10-13,18H2,1-2H3. The van der Waals surface area contributed by atoms with Crippen LogP contribution in [0.5, 0.6) is 0 Å². The van der Waals surface area contributed by atoms with Crippen LogP contribution in [0.15, 0.2) is 67.1 Å². The number of nitriles is 1. The molecule has 3 aromatic rings. The summed E-state index contributed by atoms with van der Waals surface area (Å²) in [7, 11) is 0. The minimum absolute atomic E-state index is 0.181. The van der Waals surface area contributed by atoms with Crippen molar-refractivity contribution < 1.29 is 17.9 Å². The number of nitrogens with one attached hydrogen (secondary N) is 1. The van der Waals surface area contributed by atoms with Crippen molar-refractivity contribution in [3.05, 3.63) is 89.5 Å². The van der Waals surface area contributed by atoms with Gasteiger partial charge in [-0.15, -0.1) is 0 Å².